The molecule has 1 amide bonds. The summed E-state index contributed by atoms with van der Waals surface area (Å²) in [5.41, 5.74) is 1.87. The Bertz CT molecular complexity index is 783. The van der Waals surface area contributed by atoms with E-state index in [0.717, 1.165) is 0 Å². The molecule has 1 N–H and O–H groups in total. The molecule has 2 aromatic rings. The average Bonchev–Trinajstić information content (AvgIpc) is 2.40. The number of rotatable bonds is 3. The van der Waals surface area contributed by atoms with Crippen LogP contribution in [0.5, 0.6) is 0 Å². The molecule has 0 bridgehead atoms. The van der Waals surface area contributed by atoms with Gasteiger partial charge < -0.3 is 9.87 Å². The molecule has 0 fully saturated rings. The van der Waals surface area contributed by atoms with Crippen LogP contribution in [-0.4, -0.2) is 18.9 Å². The van der Waals surface area contributed by atoms with Crippen molar-refractivity contribution >= 4 is 21.7 Å². The molecule has 6 heteroatoms. The molecule has 0 saturated heterocycles. The predicted molar refractivity (Wildman–Crippen MR) is 78.9 cm³/mol. The number of benzene rings is 2. The van der Waals surface area contributed by atoms with Crippen molar-refractivity contribution in [3.63, 3.8) is 0 Å². The van der Waals surface area contributed by atoms with Crippen molar-refractivity contribution in [2.24, 2.45) is 0 Å². The van der Waals surface area contributed by atoms with Crippen molar-refractivity contribution in [1.82, 2.24) is 0 Å². The molecule has 21 heavy (non-hydrogen) atoms. The molecule has 0 aromatic heterocycles. The van der Waals surface area contributed by atoms with Gasteiger partial charge in [0.25, 0.3) is 0 Å². The van der Waals surface area contributed by atoms with E-state index in [1.807, 2.05) is 0 Å². The fraction of sp³-hybridized carbons (Fsp3) is 0.133. The highest BCUT2D eigenvalue weighted by Crippen LogP contribution is 2.32. The van der Waals surface area contributed by atoms with Crippen molar-refractivity contribution in [2.75, 3.05) is 5.32 Å². The summed E-state index contributed by atoms with van der Waals surface area (Å²) in [6.45, 7) is 2.99. The molecule has 0 aliphatic rings. The summed E-state index contributed by atoms with van der Waals surface area (Å²) >= 11 is 0. The Hall–Kier alpha value is -2.18. The van der Waals surface area contributed by atoms with Crippen LogP contribution in [0.25, 0.3) is 11.1 Å². The first-order valence-electron chi connectivity index (χ1n) is 6.22. The first kappa shape index (κ1) is 15.2. The van der Waals surface area contributed by atoms with E-state index in [9.17, 15) is 17.8 Å². The molecule has 2 rings (SSSR count). The van der Waals surface area contributed by atoms with E-state index in [2.05, 4.69) is 5.32 Å². The number of hydrogen-bond acceptors (Lipinski definition) is 4. The number of hydrogen-bond donors (Lipinski definition) is 1. The maximum atomic E-state index is 11.5. The van der Waals surface area contributed by atoms with Gasteiger partial charge in [-0.1, -0.05) is 30.3 Å². The summed E-state index contributed by atoms with van der Waals surface area (Å²) in [7, 11) is -4.61. The maximum Gasteiger partial charge on any atom is 0.221 e. The third-order valence-electron chi connectivity index (χ3n) is 2.99. The standard InChI is InChI=1S/C15H15NO4S/c1-10-8-15(21(18,19)20)13(9-14(10)16-11(2)17)12-6-4-3-5-7-12/h3-9H,1-2H3,(H,16,17)(H,18,19,20)/p-1. The largest absolute Gasteiger partial charge is 0.744 e. The van der Waals surface area contributed by atoms with Crippen molar-refractivity contribution in [2.45, 2.75) is 18.7 Å². The van der Waals surface area contributed by atoms with Crippen LogP contribution in [0.4, 0.5) is 5.69 Å². The zero-order valence-corrected chi connectivity index (χ0v) is 12.4. The lowest BCUT2D eigenvalue weighted by Crippen LogP contribution is -2.09. The average molecular weight is 304 g/mol. The van der Waals surface area contributed by atoms with Crippen molar-refractivity contribution in [1.29, 1.82) is 0 Å². The smallest absolute Gasteiger partial charge is 0.221 e. The molecule has 2 aromatic carbocycles. The summed E-state index contributed by atoms with van der Waals surface area (Å²) in [5, 5.41) is 2.63. The molecule has 0 unspecified atom stereocenters. The molecule has 0 aliphatic heterocycles. The topological polar surface area (TPSA) is 86.3 Å². The second kappa shape index (κ2) is 5.67. The van der Waals surface area contributed by atoms with Crippen molar-refractivity contribution in [3.8, 4) is 11.1 Å². The monoisotopic (exact) mass is 304 g/mol. The van der Waals surface area contributed by atoms with E-state index >= 15 is 0 Å². The van der Waals surface area contributed by atoms with Gasteiger partial charge in [-0.2, -0.15) is 0 Å². The van der Waals surface area contributed by atoms with Crippen LogP contribution >= 0.6 is 0 Å². The Morgan fingerprint density at radius 3 is 2.29 bits per heavy atom. The number of nitrogens with one attached hydrogen (secondary N) is 1. The number of carbonyl (C=O) groups excluding carboxylic acids is 1. The summed E-state index contributed by atoms with van der Waals surface area (Å²) in [6, 6.07) is 11.5. The van der Waals surface area contributed by atoms with Gasteiger partial charge in [-0.05, 0) is 30.2 Å². The Labute approximate surface area is 123 Å². The number of amides is 1. The summed E-state index contributed by atoms with van der Waals surface area (Å²) < 4.78 is 34.4. The van der Waals surface area contributed by atoms with Gasteiger partial charge in [0.05, 0.1) is 4.90 Å². The quantitative estimate of drug-likeness (QED) is 0.883. The lowest BCUT2D eigenvalue weighted by molar-refractivity contribution is -0.114. The lowest BCUT2D eigenvalue weighted by Gasteiger charge is -2.17. The second-order valence-corrected chi connectivity index (χ2v) is 6.01. The van der Waals surface area contributed by atoms with Gasteiger partial charge >= 0.3 is 0 Å². The SMILES string of the molecule is CC(=O)Nc1cc(-c2ccccc2)c(S(=O)(=O)[O-])cc1C. The third kappa shape index (κ3) is 3.48. The number of carbonyl (C=O) groups is 1. The third-order valence-corrected chi connectivity index (χ3v) is 3.87. The van der Waals surface area contributed by atoms with E-state index < -0.39 is 10.1 Å². The molecule has 110 valence electrons. The Morgan fingerprint density at radius 2 is 1.76 bits per heavy atom. The first-order valence-corrected chi connectivity index (χ1v) is 7.63. The van der Waals surface area contributed by atoms with E-state index in [-0.39, 0.29) is 16.4 Å². The second-order valence-electron chi connectivity index (χ2n) is 4.66. The number of aryl methyl sites for hydroxylation is 1. The highest BCUT2D eigenvalue weighted by molar-refractivity contribution is 7.85. The number of anilines is 1. The molecule has 0 saturated carbocycles. The van der Waals surface area contributed by atoms with Crippen molar-refractivity contribution < 1.29 is 17.8 Å². The summed E-state index contributed by atoms with van der Waals surface area (Å²) in [5.74, 6) is -0.269. The van der Waals surface area contributed by atoms with Crippen LogP contribution < -0.4 is 5.32 Å². The Kier molecular flexibility index (Phi) is 4.11. The Morgan fingerprint density at radius 1 is 1.14 bits per heavy atom. The highest BCUT2D eigenvalue weighted by atomic mass is 32.2. The van der Waals surface area contributed by atoms with E-state index in [4.69, 9.17) is 0 Å². The predicted octanol–water partition coefficient (Wildman–Crippen LogP) is 2.52. The zero-order valence-electron chi connectivity index (χ0n) is 11.6. The van der Waals surface area contributed by atoms with Gasteiger partial charge in [-0.15, -0.1) is 0 Å². The fourth-order valence-electron chi connectivity index (χ4n) is 2.06. The first-order chi connectivity index (χ1) is 9.79. The van der Waals surface area contributed by atoms with Crippen molar-refractivity contribution in [3.05, 3.63) is 48.0 Å². The van der Waals surface area contributed by atoms with E-state index in [0.29, 0.717) is 16.8 Å². The molecule has 5 nitrogen and oxygen atoms in total. The highest BCUT2D eigenvalue weighted by Gasteiger charge is 2.14. The van der Waals surface area contributed by atoms with Crippen LogP contribution in [0.15, 0.2) is 47.4 Å². The Balaban J connectivity index is 2.73. The summed E-state index contributed by atoms with van der Waals surface area (Å²) in [4.78, 5) is 10.9. The molecule has 0 spiro atoms. The van der Waals surface area contributed by atoms with Gasteiger partial charge in [0, 0.05) is 18.2 Å². The van der Waals surface area contributed by atoms with Gasteiger partial charge in [-0.25, -0.2) is 8.42 Å². The molecule has 0 heterocycles. The normalized spacial score (nSPS) is 11.2. The minimum atomic E-state index is -4.61. The zero-order chi connectivity index (χ0) is 15.6. The molecule has 0 radical (unpaired) electrons. The van der Waals surface area contributed by atoms with Crippen LogP contribution in [0.3, 0.4) is 0 Å². The van der Waals surface area contributed by atoms with Gasteiger partial charge in [0.15, 0.2) is 0 Å². The van der Waals surface area contributed by atoms with E-state index in [1.54, 1.807) is 37.3 Å². The molecule has 0 atom stereocenters. The van der Waals surface area contributed by atoms with Crippen LogP contribution in [0.1, 0.15) is 12.5 Å². The minimum absolute atomic E-state index is 0.269. The molecular formula is C15H14NO4S-. The van der Waals surface area contributed by atoms with Gasteiger partial charge in [0.2, 0.25) is 5.91 Å². The maximum absolute atomic E-state index is 11.5. The van der Waals surface area contributed by atoms with Gasteiger partial charge in [0.1, 0.15) is 10.1 Å². The fourth-order valence-corrected chi connectivity index (χ4v) is 2.82. The van der Waals surface area contributed by atoms with Crippen LogP contribution in [-0.2, 0) is 14.9 Å². The molecule has 0 aliphatic carbocycles. The van der Waals surface area contributed by atoms with Crippen LogP contribution in [0, 0.1) is 6.92 Å². The lowest BCUT2D eigenvalue weighted by atomic mass is 10.0. The minimum Gasteiger partial charge on any atom is -0.744 e. The van der Waals surface area contributed by atoms with E-state index in [1.165, 1.54) is 19.1 Å². The van der Waals surface area contributed by atoms with Crippen LogP contribution in [0.2, 0.25) is 0 Å². The summed E-state index contributed by atoms with van der Waals surface area (Å²) in [6.07, 6.45) is 0. The molecular weight excluding hydrogens is 290 g/mol. The van der Waals surface area contributed by atoms with Gasteiger partial charge in [-0.3, -0.25) is 4.79 Å².